The molecule has 0 unspecified atom stereocenters. The third-order valence-corrected chi connectivity index (χ3v) is 4.53. The number of imide groups is 1. The van der Waals surface area contributed by atoms with Crippen LogP contribution in [0.4, 0.5) is 0 Å². The van der Waals surface area contributed by atoms with E-state index in [9.17, 15) is 14.4 Å². The Morgan fingerprint density at radius 1 is 0.968 bits per heavy atom. The molecule has 0 saturated carbocycles. The summed E-state index contributed by atoms with van der Waals surface area (Å²) in [6, 6.07) is 14.0. The van der Waals surface area contributed by atoms with E-state index in [-0.39, 0.29) is 18.1 Å². The highest BCUT2D eigenvalue weighted by Gasteiger charge is 2.27. The molecule has 8 heteroatoms. The minimum atomic E-state index is -0.681. The molecule has 2 amide bonds. The van der Waals surface area contributed by atoms with Crippen molar-refractivity contribution in [1.82, 2.24) is 4.90 Å². The SMILES string of the molecule is CCOc1cc(C(=O)OCC(=O)N2CCCC2=O)ccc1OCCOc1ccccc1. The van der Waals surface area contributed by atoms with Crippen LogP contribution in [0.5, 0.6) is 17.2 Å². The third-order valence-electron chi connectivity index (χ3n) is 4.53. The first-order chi connectivity index (χ1) is 15.1. The number of ether oxygens (including phenoxy) is 4. The predicted molar refractivity (Wildman–Crippen MR) is 111 cm³/mol. The van der Waals surface area contributed by atoms with Gasteiger partial charge in [0, 0.05) is 13.0 Å². The molecule has 2 aromatic rings. The van der Waals surface area contributed by atoms with Crippen molar-refractivity contribution >= 4 is 17.8 Å². The van der Waals surface area contributed by atoms with Crippen molar-refractivity contribution in [1.29, 1.82) is 0 Å². The second-order valence-electron chi connectivity index (χ2n) is 6.72. The van der Waals surface area contributed by atoms with Gasteiger partial charge in [-0.25, -0.2) is 4.79 Å². The fraction of sp³-hybridized carbons (Fsp3) is 0.348. The minimum Gasteiger partial charge on any atom is -0.490 e. The Bertz CT molecular complexity index is 913. The van der Waals surface area contributed by atoms with Crippen LogP contribution in [0.15, 0.2) is 48.5 Å². The Kier molecular flexibility index (Phi) is 7.86. The largest absolute Gasteiger partial charge is 0.490 e. The lowest BCUT2D eigenvalue weighted by molar-refractivity contribution is -0.143. The van der Waals surface area contributed by atoms with Gasteiger partial charge in [0.05, 0.1) is 12.2 Å². The molecule has 3 rings (SSSR count). The first-order valence-corrected chi connectivity index (χ1v) is 10.2. The van der Waals surface area contributed by atoms with Crippen LogP contribution < -0.4 is 14.2 Å². The zero-order valence-corrected chi connectivity index (χ0v) is 17.4. The number of rotatable bonds is 10. The Morgan fingerprint density at radius 2 is 1.74 bits per heavy atom. The van der Waals surface area contributed by atoms with Gasteiger partial charge in [0.15, 0.2) is 18.1 Å². The standard InChI is InChI=1S/C23H25NO7/c1-2-28-20-15-17(23(27)31-16-22(26)24-12-6-9-21(24)25)10-11-19(20)30-14-13-29-18-7-4-3-5-8-18/h3-5,7-8,10-11,15H,2,6,9,12-14,16H2,1H3. The van der Waals surface area contributed by atoms with Crippen molar-refractivity contribution in [3.8, 4) is 17.2 Å². The lowest BCUT2D eigenvalue weighted by atomic mass is 10.2. The third kappa shape index (κ3) is 6.21. The molecule has 2 aromatic carbocycles. The molecule has 8 nitrogen and oxygen atoms in total. The van der Waals surface area contributed by atoms with Crippen LogP contribution in [-0.4, -0.2) is 55.7 Å². The molecule has 0 atom stereocenters. The summed E-state index contributed by atoms with van der Waals surface area (Å²) in [6.45, 7) is 2.71. The molecule has 0 aliphatic carbocycles. The number of para-hydroxylation sites is 1. The van der Waals surface area contributed by atoms with E-state index in [1.54, 1.807) is 6.07 Å². The van der Waals surface area contributed by atoms with Crippen LogP contribution in [0, 0.1) is 0 Å². The van der Waals surface area contributed by atoms with E-state index in [1.165, 1.54) is 12.1 Å². The summed E-state index contributed by atoms with van der Waals surface area (Å²) in [5.74, 6) is 0.169. The number of hydrogen-bond acceptors (Lipinski definition) is 7. The summed E-state index contributed by atoms with van der Waals surface area (Å²) >= 11 is 0. The van der Waals surface area contributed by atoms with E-state index in [1.807, 2.05) is 37.3 Å². The summed E-state index contributed by atoms with van der Waals surface area (Å²) in [5, 5.41) is 0. The Hall–Kier alpha value is -3.55. The van der Waals surface area contributed by atoms with Gasteiger partial charge in [0.1, 0.15) is 19.0 Å². The first kappa shape index (κ1) is 22.1. The number of esters is 1. The second kappa shape index (κ2) is 11.0. The number of amides is 2. The molecule has 0 bridgehead atoms. The highest BCUT2D eigenvalue weighted by molar-refractivity contribution is 5.98. The molecular weight excluding hydrogens is 402 g/mol. The number of carbonyl (C=O) groups is 3. The fourth-order valence-electron chi connectivity index (χ4n) is 3.05. The normalized spacial score (nSPS) is 13.1. The molecule has 31 heavy (non-hydrogen) atoms. The predicted octanol–water partition coefficient (Wildman–Crippen LogP) is 2.85. The molecule has 0 aromatic heterocycles. The molecule has 1 saturated heterocycles. The Balaban J connectivity index is 1.53. The zero-order chi connectivity index (χ0) is 22.1. The number of nitrogens with zero attached hydrogens (tertiary/aromatic N) is 1. The average Bonchev–Trinajstić information content (AvgIpc) is 3.22. The van der Waals surface area contributed by atoms with E-state index in [4.69, 9.17) is 18.9 Å². The van der Waals surface area contributed by atoms with Crippen LogP contribution in [0.25, 0.3) is 0 Å². The maximum Gasteiger partial charge on any atom is 0.338 e. The van der Waals surface area contributed by atoms with Gasteiger partial charge in [0.25, 0.3) is 5.91 Å². The maximum atomic E-state index is 12.3. The van der Waals surface area contributed by atoms with Crippen LogP contribution in [0.3, 0.4) is 0 Å². The van der Waals surface area contributed by atoms with Crippen molar-refractivity contribution in [2.75, 3.05) is 33.0 Å². The van der Waals surface area contributed by atoms with Gasteiger partial charge in [-0.15, -0.1) is 0 Å². The molecule has 0 radical (unpaired) electrons. The van der Waals surface area contributed by atoms with Gasteiger partial charge in [-0.3, -0.25) is 14.5 Å². The van der Waals surface area contributed by atoms with E-state index >= 15 is 0 Å². The summed E-state index contributed by atoms with van der Waals surface area (Å²) < 4.78 is 22.0. The zero-order valence-electron chi connectivity index (χ0n) is 17.4. The van der Waals surface area contributed by atoms with Crippen LogP contribution >= 0.6 is 0 Å². The first-order valence-electron chi connectivity index (χ1n) is 10.2. The average molecular weight is 427 g/mol. The van der Waals surface area contributed by atoms with Crippen LogP contribution in [0.1, 0.15) is 30.1 Å². The Labute approximate surface area is 180 Å². The van der Waals surface area contributed by atoms with E-state index < -0.39 is 18.5 Å². The molecular formula is C23H25NO7. The Morgan fingerprint density at radius 3 is 2.45 bits per heavy atom. The minimum absolute atomic E-state index is 0.219. The van der Waals surface area contributed by atoms with E-state index in [0.29, 0.717) is 44.1 Å². The van der Waals surface area contributed by atoms with Gasteiger partial charge < -0.3 is 18.9 Å². The number of benzene rings is 2. The molecule has 1 aliphatic rings. The van der Waals surface area contributed by atoms with Crippen molar-refractivity contribution < 1.29 is 33.3 Å². The summed E-state index contributed by atoms with van der Waals surface area (Å²) in [5.41, 5.74) is 0.219. The van der Waals surface area contributed by atoms with Gasteiger partial charge >= 0.3 is 5.97 Å². The van der Waals surface area contributed by atoms with E-state index in [0.717, 1.165) is 10.6 Å². The van der Waals surface area contributed by atoms with Crippen molar-refractivity contribution in [2.45, 2.75) is 19.8 Å². The van der Waals surface area contributed by atoms with Gasteiger partial charge in [-0.05, 0) is 43.7 Å². The van der Waals surface area contributed by atoms with Gasteiger partial charge in [-0.2, -0.15) is 0 Å². The summed E-state index contributed by atoms with van der Waals surface area (Å²) in [4.78, 5) is 37.1. The second-order valence-corrected chi connectivity index (χ2v) is 6.72. The number of likely N-dealkylation sites (tertiary alicyclic amines) is 1. The highest BCUT2D eigenvalue weighted by Crippen LogP contribution is 2.29. The fourth-order valence-corrected chi connectivity index (χ4v) is 3.05. The molecule has 0 N–H and O–H groups in total. The summed E-state index contributed by atoms with van der Waals surface area (Å²) in [6.07, 6.45) is 0.976. The maximum absolute atomic E-state index is 12.3. The molecule has 0 spiro atoms. The van der Waals surface area contributed by atoms with Crippen molar-refractivity contribution in [3.63, 3.8) is 0 Å². The number of hydrogen-bond donors (Lipinski definition) is 0. The highest BCUT2D eigenvalue weighted by atomic mass is 16.5. The molecule has 1 aliphatic heterocycles. The summed E-state index contributed by atoms with van der Waals surface area (Å²) in [7, 11) is 0. The van der Waals surface area contributed by atoms with Gasteiger partial charge in [0.2, 0.25) is 5.91 Å². The van der Waals surface area contributed by atoms with Crippen molar-refractivity contribution in [2.24, 2.45) is 0 Å². The smallest absolute Gasteiger partial charge is 0.338 e. The van der Waals surface area contributed by atoms with E-state index in [2.05, 4.69) is 0 Å². The molecule has 164 valence electrons. The van der Waals surface area contributed by atoms with Crippen molar-refractivity contribution in [3.05, 3.63) is 54.1 Å². The lowest BCUT2D eigenvalue weighted by Crippen LogP contribution is -2.35. The van der Waals surface area contributed by atoms with Crippen LogP contribution in [0.2, 0.25) is 0 Å². The van der Waals surface area contributed by atoms with Crippen LogP contribution in [-0.2, 0) is 14.3 Å². The monoisotopic (exact) mass is 427 g/mol. The topological polar surface area (TPSA) is 91.4 Å². The molecule has 1 fully saturated rings. The molecule has 1 heterocycles. The lowest BCUT2D eigenvalue weighted by Gasteiger charge is -2.15. The number of carbonyl (C=O) groups excluding carboxylic acids is 3. The quantitative estimate of drug-likeness (QED) is 0.425. The van der Waals surface area contributed by atoms with Gasteiger partial charge in [-0.1, -0.05) is 18.2 Å².